The van der Waals surface area contributed by atoms with Crippen LogP contribution in [0.4, 0.5) is 5.88 Å². The van der Waals surface area contributed by atoms with E-state index in [2.05, 4.69) is 19.0 Å². The molecule has 2 N–H and O–H groups in total. The van der Waals surface area contributed by atoms with Crippen LogP contribution in [0.1, 0.15) is 25.1 Å². The number of aryl methyl sites for hydroxylation is 1. The monoisotopic (exact) mass is 238 g/mol. The van der Waals surface area contributed by atoms with Crippen LogP contribution in [0.25, 0.3) is 0 Å². The van der Waals surface area contributed by atoms with Crippen LogP contribution in [0.5, 0.6) is 0 Å². The predicted octanol–water partition coefficient (Wildman–Crippen LogP) is 1.55. The molecule has 2 atom stereocenters. The minimum absolute atomic E-state index is 0.0384. The number of carbonyl (C=O) groups excluding carboxylic acids is 1. The Morgan fingerprint density at radius 2 is 2.24 bits per heavy atom. The molecule has 2 rings (SSSR count). The van der Waals surface area contributed by atoms with E-state index in [1.54, 1.807) is 0 Å². The summed E-state index contributed by atoms with van der Waals surface area (Å²) in [6, 6.07) is 0. The van der Waals surface area contributed by atoms with Crippen molar-refractivity contribution in [2.75, 3.05) is 12.8 Å². The Morgan fingerprint density at radius 1 is 1.59 bits per heavy atom. The maximum atomic E-state index is 11.6. The van der Waals surface area contributed by atoms with Gasteiger partial charge in [0.05, 0.1) is 18.7 Å². The topological polar surface area (TPSA) is 78.3 Å². The molecular formula is C12H18N2O3. The Labute approximate surface area is 100 Å². The van der Waals surface area contributed by atoms with E-state index < -0.39 is 0 Å². The summed E-state index contributed by atoms with van der Waals surface area (Å²) in [5, 5.41) is 3.82. The Hall–Kier alpha value is -1.52. The molecule has 94 valence electrons. The van der Waals surface area contributed by atoms with Crippen LogP contribution in [0.2, 0.25) is 0 Å². The zero-order valence-electron chi connectivity index (χ0n) is 10.6. The van der Waals surface area contributed by atoms with E-state index in [1.165, 1.54) is 7.11 Å². The Morgan fingerprint density at radius 3 is 2.71 bits per heavy atom. The Bertz CT molecular complexity index is 431. The van der Waals surface area contributed by atoms with Crippen molar-refractivity contribution in [3.63, 3.8) is 0 Å². The van der Waals surface area contributed by atoms with Crippen molar-refractivity contribution in [1.82, 2.24) is 5.16 Å². The average Bonchev–Trinajstić information content (AvgIpc) is 2.67. The molecule has 0 aromatic carbocycles. The van der Waals surface area contributed by atoms with Crippen molar-refractivity contribution in [2.24, 2.45) is 17.3 Å². The van der Waals surface area contributed by atoms with E-state index in [1.807, 2.05) is 6.92 Å². The molecular weight excluding hydrogens is 220 g/mol. The SMILES string of the molecule is COC(=O)[C@H]1[C@@H](Cc2c(C)noc2N)C1(C)C. The number of rotatable bonds is 3. The van der Waals surface area contributed by atoms with E-state index in [4.69, 9.17) is 15.0 Å². The molecule has 0 aliphatic heterocycles. The van der Waals surface area contributed by atoms with Gasteiger partial charge in [-0.1, -0.05) is 19.0 Å². The molecule has 1 aromatic heterocycles. The van der Waals surface area contributed by atoms with Gasteiger partial charge in [-0.25, -0.2) is 0 Å². The first-order valence-corrected chi connectivity index (χ1v) is 5.68. The molecule has 1 aliphatic rings. The van der Waals surface area contributed by atoms with E-state index in [9.17, 15) is 4.79 Å². The molecule has 0 radical (unpaired) electrons. The van der Waals surface area contributed by atoms with Crippen LogP contribution >= 0.6 is 0 Å². The maximum absolute atomic E-state index is 11.6. The molecule has 17 heavy (non-hydrogen) atoms. The summed E-state index contributed by atoms with van der Waals surface area (Å²) in [6.07, 6.45) is 0.716. The summed E-state index contributed by atoms with van der Waals surface area (Å²) < 4.78 is 9.74. The molecule has 1 fully saturated rings. The third-order valence-electron chi connectivity index (χ3n) is 3.94. The fourth-order valence-electron chi connectivity index (χ4n) is 2.59. The number of nitrogen functional groups attached to an aromatic ring is 1. The summed E-state index contributed by atoms with van der Waals surface area (Å²) >= 11 is 0. The molecule has 0 bridgehead atoms. The second kappa shape index (κ2) is 3.75. The second-order valence-corrected chi connectivity index (χ2v) is 5.24. The second-order valence-electron chi connectivity index (χ2n) is 5.24. The van der Waals surface area contributed by atoms with Gasteiger partial charge < -0.3 is 15.0 Å². The molecule has 1 aliphatic carbocycles. The third kappa shape index (κ3) is 1.79. The smallest absolute Gasteiger partial charge is 0.309 e. The van der Waals surface area contributed by atoms with Crippen LogP contribution in [0, 0.1) is 24.2 Å². The number of carbonyl (C=O) groups is 1. The lowest BCUT2D eigenvalue weighted by Crippen LogP contribution is -2.07. The van der Waals surface area contributed by atoms with Crippen molar-refractivity contribution >= 4 is 11.9 Å². The normalized spacial score (nSPS) is 25.6. The number of ether oxygens (including phenoxy) is 1. The van der Waals surface area contributed by atoms with E-state index in [0.29, 0.717) is 12.3 Å². The van der Waals surface area contributed by atoms with E-state index in [0.717, 1.165) is 11.3 Å². The number of aromatic nitrogens is 1. The van der Waals surface area contributed by atoms with Gasteiger partial charge in [-0.3, -0.25) is 4.79 Å². The van der Waals surface area contributed by atoms with Gasteiger partial charge in [0.1, 0.15) is 0 Å². The van der Waals surface area contributed by atoms with Crippen LogP contribution in [-0.2, 0) is 16.0 Å². The number of hydrogen-bond donors (Lipinski definition) is 1. The van der Waals surface area contributed by atoms with Gasteiger partial charge in [-0.05, 0) is 24.7 Å². The molecule has 0 amide bonds. The fraction of sp³-hybridized carbons (Fsp3) is 0.667. The third-order valence-corrected chi connectivity index (χ3v) is 3.94. The van der Waals surface area contributed by atoms with Gasteiger partial charge in [0.2, 0.25) is 5.88 Å². The first kappa shape index (κ1) is 12.0. The lowest BCUT2D eigenvalue weighted by Gasteiger charge is -2.01. The van der Waals surface area contributed by atoms with Crippen LogP contribution in [0.3, 0.4) is 0 Å². The number of nitrogens with two attached hydrogens (primary N) is 1. The number of esters is 1. The lowest BCUT2D eigenvalue weighted by atomic mass is 10.0. The Balaban J connectivity index is 2.14. The van der Waals surface area contributed by atoms with Crippen molar-refractivity contribution in [1.29, 1.82) is 0 Å². The first-order chi connectivity index (χ1) is 7.89. The molecule has 0 spiro atoms. The molecule has 0 unspecified atom stereocenters. The van der Waals surface area contributed by atoms with Gasteiger partial charge in [0.25, 0.3) is 0 Å². The van der Waals surface area contributed by atoms with Gasteiger partial charge in [-0.15, -0.1) is 0 Å². The quantitative estimate of drug-likeness (QED) is 0.808. The molecule has 1 saturated carbocycles. The van der Waals surface area contributed by atoms with Crippen LogP contribution < -0.4 is 5.73 Å². The summed E-state index contributed by atoms with van der Waals surface area (Å²) in [5.74, 6) is 0.401. The van der Waals surface area contributed by atoms with E-state index >= 15 is 0 Å². The predicted molar refractivity (Wildman–Crippen MR) is 62.1 cm³/mol. The minimum Gasteiger partial charge on any atom is -0.469 e. The largest absolute Gasteiger partial charge is 0.469 e. The van der Waals surface area contributed by atoms with Crippen LogP contribution in [0.15, 0.2) is 4.52 Å². The Kier molecular flexibility index (Phi) is 2.64. The van der Waals surface area contributed by atoms with Crippen molar-refractivity contribution in [2.45, 2.75) is 27.2 Å². The summed E-state index contributed by atoms with van der Waals surface area (Å²) in [4.78, 5) is 11.6. The van der Waals surface area contributed by atoms with E-state index in [-0.39, 0.29) is 23.2 Å². The molecule has 1 heterocycles. The van der Waals surface area contributed by atoms with Crippen molar-refractivity contribution in [3.8, 4) is 0 Å². The summed E-state index contributed by atoms with van der Waals surface area (Å²) in [7, 11) is 1.42. The highest BCUT2D eigenvalue weighted by molar-refractivity contribution is 5.77. The number of anilines is 1. The highest BCUT2D eigenvalue weighted by Crippen LogP contribution is 2.60. The van der Waals surface area contributed by atoms with Gasteiger partial charge in [-0.2, -0.15) is 0 Å². The zero-order chi connectivity index (χ0) is 12.8. The molecule has 0 saturated heterocycles. The number of nitrogens with zero attached hydrogens (tertiary/aromatic N) is 1. The minimum atomic E-state index is -0.146. The number of methoxy groups -OCH3 is 1. The van der Waals surface area contributed by atoms with Crippen molar-refractivity contribution < 1.29 is 14.1 Å². The summed E-state index contributed by atoms with van der Waals surface area (Å²) in [5.41, 5.74) is 7.39. The van der Waals surface area contributed by atoms with Gasteiger partial charge in [0, 0.05) is 5.56 Å². The highest BCUT2D eigenvalue weighted by Gasteiger charge is 2.62. The number of hydrogen-bond acceptors (Lipinski definition) is 5. The molecule has 5 heteroatoms. The summed E-state index contributed by atoms with van der Waals surface area (Å²) in [6.45, 7) is 5.99. The first-order valence-electron chi connectivity index (χ1n) is 5.68. The molecule has 5 nitrogen and oxygen atoms in total. The lowest BCUT2D eigenvalue weighted by molar-refractivity contribution is -0.143. The highest BCUT2D eigenvalue weighted by atomic mass is 16.5. The zero-order valence-corrected chi connectivity index (χ0v) is 10.6. The maximum Gasteiger partial charge on any atom is 0.309 e. The standard InChI is InChI=1S/C12H18N2O3/c1-6-7(10(13)17-14-6)5-8-9(11(15)16-4)12(8,2)3/h8-9H,5,13H2,1-4H3/t8-,9-/m1/s1. The van der Waals surface area contributed by atoms with Crippen molar-refractivity contribution in [3.05, 3.63) is 11.3 Å². The molecule has 1 aromatic rings. The average molecular weight is 238 g/mol. The van der Waals surface area contributed by atoms with Gasteiger partial charge in [0.15, 0.2) is 0 Å². The van der Waals surface area contributed by atoms with Gasteiger partial charge >= 0.3 is 5.97 Å². The van der Waals surface area contributed by atoms with Crippen LogP contribution in [-0.4, -0.2) is 18.2 Å². The fourth-order valence-corrected chi connectivity index (χ4v) is 2.59.